The van der Waals surface area contributed by atoms with Gasteiger partial charge in [0, 0.05) is 21.8 Å². The maximum atomic E-state index is 13.7. The Morgan fingerprint density at radius 2 is 1.88 bits per heavy atom. The van der Waals surface area contributed by atoms with Gasteiger partial charge in [0.25, 0.3) is 11.6 Å². The van der Waals surface area contributed by atoms with Crippen LogP contribution in [0.25, 0.3) is 0 Å². The van der Waals surface area contributed by atoms with Crippen LogP contribution in [-0.2, 0) is 4.79 Å². The fourth-order valence-electron chi connectivity index (χ4n) is 1.99. The summed E-state index contributed by atoms with van der Waals surface area (Å²) in [4.78, 5) is 33.9. The van der Waals surface area contributed by atoms with Crippen molar-refractivity contribution >= 4 is 39.1 Å². The van der Waals surface area contributed by atoms with Crippen LogP contribution in [0.4, 0.5) is 15.8 Å². The third kappa shape index (κ3) is 4.83. The van der Waals surface area contributed by atoms with E-state index in [-0.39, 0.29) is 17.7 Å². The van der Waals surface area contributed by atoms with Crippen molar-refractivity contribution in [3.63, 3.8) is 0 Å². The monoisotopic (exact) mass is 409 g/mol. The molecule has 2 amide bonds. The highest BCUT2D eigenvalue weighted by atomic mass is 79.9. The van der Waals surface area contributed by atoms with Gasteiger partial charge in [-0.3, -0.25) is 19.7 Å². The zero-order valence-corrected chi connectivity index (χ0v) is 14.6. The van der Waals surface area contributed by atoms with Gasteiger partial charge in [0.05, 0.1) is 17.0 Å². The van der Waals surface area contributed by atoms with Gasteiger partial charge in [-0.25, -0.2) is 4.39 Å². The molecule has 0 aliphatic rings. The quantitative estimate of drug-likeness (QED) is 0.584. The minimum absolute atomic E-state index is 0.158. The Morgan fingerprint density at radius 3 is 2.48 bits per heavy atom. The molecule has 0 heterocycles. The highest BCUT2D eigenvalue weighted by molar-refractivity contribution is 9.10. The van der Waals surface area contributed by atoms with Gasteiger partial charge in [-0.1, -0.05) is 15.9 Å². The summed E-state index contributed by atoms with van der Waals surface area (Å²) < 4.78 is 14.6. The molecule has 2 N–H and O–H groups in total. The van der Waals surface area contributed by atoms with E-state index in [1.807, 2.05) is 0 Å². The highest BCUT2D eigenvalue weighted by Gasteiger charge is 2.19. The van der Waals surface area contributed by atoms with Crippen LogP contribution in [0.5, 0.6) is 0 Å². The van der Waals surface area contributed by atoms with Crippen molar-refractivity contribution in [1.29, 1.82) is 0 Å². The van der Waals surface area contributed by atoms with Gasteiger partial charge in [-0.05, 0) is 37.3 Å². The van der Waals surface area contributed by atoms with Crippen molar-refractivity contribution in [2.24, 2.45) is 0 Å². The predicted octanol–water partition coefficient (Wildman–Crippen LogP) is 3.17. The minimum atomic E-state index is -0.862. The van der Waals surface area contributed by atoms with Crippen molar-refractivity contribution in [3.05, 3.63) is 67.9 Å². The molecular weight excluding hydrogens is 397 g/mol. The Hall–Kier alpha value is -2.81. The first-order chi connectivity index (χ1) is 11.8. The third-order valence-corrected chi connectivity index (χ3v) is 3.84. The molecule has 0 saturated carbocycles. The van der Waals surface area contributed by atoms with Gasteiger partial charge >= 0.3 is 0 Å². The van der Waals surface area contributed by atoms with Crippen molar-refractivity contribution in [3.8, 4) is 0 Å². The zero-order valence-electron chi connectivity index (χ0n) is 13.0. The number of carbonyl (C=O) groups excluding carboxylic acids is 2. The predicted molar refractivity (Wildman–Crippen MR) is 92.9 cm³/mol. The van der Waals surface area contributed by atoms with Crippen molar-refractivity contribution in [2.45, 2.75) is 6.92 Å². The van der Waals surface area contributed by atoms with E-state index in [0.717, 1.165) is 16.6 Å². The first kappa shape index (κ1) is 18.5. The van der Waals surface area contributed by atoms with E-state index >= 15 is 0 Å². The number of hydrogen-bond acceptors (Lipinski definition) is 4. The lowest BCUT2D eigenvalue weighted by Gasteiger charge is -2.08. The molecule has 0 spiro atoms. The molecular formula is C16H13BrFN3O4. The number of amides is 2. The van der Waals surface area contributed by atoms with Crippen LogP contribution in [0.15, 0.2) is 40.9 Å². The normalized spacial score (nSPS) is 10.2. The fourth-order valence-corrected chi connectivity index (χ4v) is 2.25. The highest BCUT2D eigenvalue weighted by Crippen LogP contribution is 2.22. The molecule has 0 aliphatic carbocycles. The number of nitrogens with one attached hydrogen (secondary N) is 2. The van der Waals surface area contributed by atoms with Gasteiger partial charge in [0.1, 0.15) is 5.82 Å². The van der Waals surface area contributed by atoms with Crippen LogP contribution >= 0.6 is 15.9 Å². The van der Waals surface area contributed by atoms with Gasteiger partial charge in [0.2, 0.25) is 5.91 Å². The SMILES string of the molecule is Cc1c(F)cc(C(=O)NCC(=O)Nc2ccc(Br)cc2)cc1[N+](=O)[O-]. The Balaban J connectivity index is 2.01. The second kappa shape index (κ2) is 7.84. The van der Waals surface area contributed by atoms with E-state index in [2.05, 4.69) is 26.6 Å². The van der Waals surface area contributed by atoms with E-state index < -0.39 is 28.2 Å². The van der Waals surface area contributed by atoms with Crippen molar-refractivity contribution in [2.75, 3.05) is 11.9 Å². The lowest BCUT2D eigenvalue weighted by atomic mass is 10.1. The molecule has 2 aromatic carbocycles. The summed E-state index contributed by atoms with van der Waals surface area (Å²) in [5.74, 6) is -2.13. The first-order valence-corrected chi connectivity index (χ1v) is 7.85. The molecule has 9 heteroatoms. The second-order valence-electron chi connectivity index (χ2n) is 5.10. The van der Waals surface area contributed by atoms with Crippen LogP contribution < -0.4 is 10.6 Å². The maximum Gasteiger partial charge on any atom is 0.276 e. The number of benzene rings is 2. The summed E-state index contributed by atoms with van der Waals surface area (Å²) in [6.07, 6.45) is 0. The van der Waals surface area contributed by atoms with E-state index in [4.69, 9.17) is 0 Å². The number of carbonyl (C=O) groups is 2. The maximum absolute atomic E-state index is 13.7. The Bertz CT molecular complexity index is 840. The number of nitro benzene ring substituents is 1. The van der Waals surface area contributed by atoms with Crippen LogP contribution in [0, 0.1) is 22.9 Å². The Kier molecular flexibility index (Phi) is 5.81. The lowest BCUT2D eigenvalue weighted by molar-refractivity contribution is -0.385. The van der Waals surface area contributed by atoms with Gasteiger partial charge in [-0.2, -0.15) is 0 Å². The van der Waals surface area contributed by atoms with Crippen LogP contribution in [-0.4, -0.2) is 23.3 Å². The first-order valence-electron chi connectivity index (χ1n) is 7.06. The number of rotatable bonds is 5. The second-order valence-corrected chi connectivity index (χ2v) is 6.01. The van der Waals surface area contributed by atoms with Crippen LogP contribution in [0.3, 0.4) is 0 Å². The number of anilines is 1. The molecule has 130 valence electrons. The average Bonchev–Trinajstić information content (AvgIpc) is 2.56. The Morgan fingerprint density at radius 1 is 1.24 bits per heavy atom. The summed E-state index contributed by atoms with van der Waals surface area (Å²) in [6.45, 7) is 0.888. The summed E-state index contributed by atoms with van der Waals surface area (Å²) in [6, 6.07) is 8.68. The molecule has 2 aromatic rings. The molecule has 0 unspecified atom stereocenters. The topological polar surface area (TPSA) is 101 Å². The molecule has 2 rings (SSSR count). The van der Waals surface area contributed by atoms with E-state index in [1.165, 1.54) is 6.92 Å². The Labute approximate surface area is 150 Å². The summed E-state index contributed by atoms with van der Waals surface area (Å²) in [7, 11) is 0. The van der Waals surface area contributed by atoms with E-state index in [9.17, 15) is 24.1 Å². The third-order valence-electron chi connectivity index (χ3n) is 3.31. The largest absolute Gasteiger partial charge is 0.343 e. The minimum Gasteiger partial charge on any atom is -0.343 e. The number of nitro groups is 1. The molecule has 0 aromatic heterocycles. The molecule has 0 aliphatic heterocycles. The number of nitrogens with zero attached hydrogens (tertiary/aromatic N) is 1. The van der Waals surface area contributed by atoms with Crippen LogP contribution in [0.2, 0.25) is 0 Å². The lowest BCUT2D eigenvalue weighted by Crippen LogP contribution is -2.33. The molecule has 0 fully saturated rings. The zero-order chi connectivity index (χ0) is 18.6. The van der Waals surface area contributed by atoms with E-state index in [1.54, 1.807) is 24.3 Å². The van der Waals surface area contributed by atoms with E-state index in [0.29, 0.717) is 5.69 Å². The summed E-state index contributed by atoms with van der Waals surface area (Å²) in [5, 5.41) is 15.7. The average molecular weight is 410 g/mol. The number of hydrogen-bond donors (Lipinski definition) is 2. The molecule has 0 radical (unpaired) electrons. The number of halogens is 2. The molecule has 25 heavy (non-hydrogen) atoms. The molecule has 0 atom stereocenters. The standard InChI is InChI=1S/C16H13BrFN3O4/c1-9-13(18)6-10(7-14(9)21(24)25)16(23)19-8-15(22)20-12-4-2-11(17)3-5-12/h2-7H,8H2,1H3,(H,19,23)(H,20,22). The van der Waals surface area contributed by atoms with Crippen LogP contribution in [0.1, 0.15) is 15.9 Å². The fraction of sp³-hybridized carbons (Fsp3) is 0.125. The van der Waals surface area contributed by atoms with Crippen molar-refractivity contribution in [1.82, 2.24) is 5.32 Å². The van der Waals surface area contributed by atoms with Gasteiger partial charge in [0.15, 0.2) is 0 Å². The summed E-state index contributed by atoms with van der Waals surface area (Å²) >= 11 is 3.27. The van der Waals surface area contributed by atoms with Gasteiger partial charge < -0.3 is 10.6 Å². The van der Waals surface area contributed by atoms with Gasteiger partial charge in [-0.15, -0.1) is 0 Å². The molecule has 0 saturated heterocycles. The molecule has 7 nitrogen and oxygen atoms in total. The summed E-state index contributed by atoms with van der Waals surface area (Å²) in [5.41, 5.74) is -0.343. The van der Waals surface area contributed by atoms with Crippen molar-refractivity contribution < 1.29 is 18.9 Å². The molecule has 0 bridgehead atoms. The smallest absolute Gasteiger partial charge is 0.276 e.